The second-order valence-corrected chi connectivity index (χ2v) is 8.67. The van der Waals surface area contributed by atoms with Crippen molar-refractivity contribution in [3.63, 3.8) is 0 Å². The molecule has 4 rings (SSSR count). The highest BCUT2D eigenvalue weighted by Crippen LogP contribution is 2.35. The summed E-state index contributed by atoms with van der Waals surface area (Å²) in [6.45, 7) is 2.30. The van der Waals surface area contributed by atoms with Crippen LogP contribution < -0.4 is 0 Å². The topological polar surface area (TPSA) is 96.8 Å². The van der Waals surface area contributed by atoms with Crippen molar-refractivity contribution in [2.24, 2.45) is 0 Å². The number of nitrogens with one attached hydrogen (secondary N) is 1. The lowest BCUT2D eigenvalue weighted by molar-refractivity contribution is 0.0724. The maximum absolute atomic E-state index is 12.1. The molecule has 1 aliphatic heterocycles. The molecule has 3 aromatic rings. The predicted octanol–water partition coefficient (Wildman–Crippen LogP) is 1.21. The van der Waals surface area contributed by atoms with E-state index in [2.05, 4.69) is 26.0 Å². The number of terminal acetylenes is 1. The van der Waals surface area contributed by atoms with Crippen LogP contribution in [0.15, 0.2) is 31.0 Å². The molecular formula is C17H18N6O2S. The fourth-order valence-corrected chi connectivity index (χ4v) is 4.56. The van der Waals surface area contributed by atoms with Crippen molar-refractivity contribution in [3.8, 4) is 23.6 Å². The van der Waals surface area contributed by atoms with Gasteiger partial charge in [0.2, 0.25) is 10.0 Å². The van der Waals surface area contributed by atoms with Crippen molar-refractivity contribution in [1.82, 2.24) is 29.0 Å². The van der Waals surface area contributed by atoms with Gasteiger partial charge in [0.25, 0.3) is 0 Å². The molecule has 1 N–H and O–H groups in total. The zero-order valence-corrected chi connectivity index (χ0v) is 15.1. The van der Waals surface area contributed by atoms with Crippen molar-refractivity contribution in [3.05, 3.63) is 31.0 Å². The first-order valence-electron chi connectivity index (χ1n) is 8.24. The zero-order valence-electron chi connectivity index (χ0n) is 14.3. The summed E-state index contributed by atoms with van der Waals surface area (Å²) in [4.78, 5) is 11.6. The summed E-state index contributed by atoms with van der Waals surface area (Å²) in [6.07, 6.45) is 12.9. The Hall–Kier alpha value is -2.70. The van der Waals surface area contributed by atoms with Gasteiger partial charge >= 0.3 is 0 Å². The maximum Gasteiger partial charge on any atom is 0.213 e. The van der Waals surface area contributed by atoms with E-state index in [-0.39, 0.29) is 5.75 Å². The highest BCUT2D eigenvalue weighted by Gasteiger charge is 2.49. The van der Waals surface area contributed by atoms with E-state index < -0.39 is 15.6 Å². The Morgan fingerprint density at radius 2 is 2.19 bits per heavy atom. The largest absolute Gasteiger partial charge is 0.346 e. The Balaban J connectivity index is 1.69. The molecule has 3 aromatic heterocycles. The van der Waals surface area contributed by atoms with Gasteiger partial charge in [0, 0.05) is 42.9 Å². The van der Waals surface area contributed by atoms with Crippen LogP contribution in [-0.4, -0.2) is 56.3 Å². The van der Waals surface area contributed by atoms with Crippen LogP contribution in [0.4, 0.5) is 0 Å². The molecule has 0 bridgehead atoms. The van der Waals surface area contributed by atoms with Gasteiger partial charge in [0.15, 0.2) is 0 Å². The van der Waals surface area contributed by atoms with Gasteiger partial charge in [-0.15, -0.1) is 12.3 Å². The molecule has 1 aliphatic rings. The van der Waals surface area contributed by atoms with Gasteiger partial charge in [-0.3, -0.25) is 4.68 Å². The van der Waals surface area contributed by atoms with Crippen LogP contribution >= 0.6 is 0 Å². The molecule has 9 heteroatoms. The first kappa shape index (κ1) is 16.8. The first-order chi connectivity index (χ1) is 12.5. The second kappa shape index (κ2) is 5.93. The predicted molar refractivity (Wildman–Crippen MR) is 97.6 cm³/mol. The van der Waals surface area contributed by atoms with E-state index in [0.29, 0.717) is 19.5 Å². The van der Waals surface area contributed by atoms with Gasteiger partial charge in [-0.25, -0.2) is 18.4 Å². The minimum Gasteiger partial charge on any atom is -0.346 e. The van der Waals surface area contributed by atoms with Crippen molar-refractivity contribution in [2.75, 3.05) is 18.8 Å². The van der Waals surface area contributed by atoms with Gasteiger partial charge in [-0.1, -0.05) is 0 Å². The van der Waals surface area contributed by atoms with E-state index in [9.17, 15) is 8.42 Å². The van der Waals surface area contributed by atoms with E-state index >= 15 is 0 Å². The van der Waals surface area contributed by atoms with E-state index in [1.165, 1.54) is 10.6 Å². The summed E-state index contributed by atoms with van der Waals surface area (Å²) in [5, 5.41) is 5.37. The molecule has 0 amide bonds. The molecule has 8 nitrogen and oxygen atoms in total. The van der Waals surface area contributed by atoms with E-state index in [1.54, 1.807) is 17.8 Å². The molecule has 0 unspecified atom stereocenters. The molecule has 4 heterocycles. The van der Waals surface area contributed by atoms with Crippen LogP contribution in [-0.2, 0) is 15.6 Å². The Morgan fingerprint density at radius 1 is 1.38 bits per heavy atom. The number of sulfonamides is 1. The summed E-state index contributed by atoms with van der Waals surface area (Å²) < 4.78 is 27.4. The Kier molecular flexibility index (Phi) is 3.82. The lowest BCUT2D eigenvalue weighted by Crippen LogP contribution is -2.64. The summed E-state index contributed by atoms with van der Waals surface area (Å²) in [7, 11) is -3.23. The molecule has 0 aromatic carbocycles. The SMILES string of the molecule is C#CCC1(n2cc(-c3ncnc4[nH]ccc34)cn2)CN(S(=O)(=O)CC)C1. The number of rotatable bonds is 5. The molecule has 0 radical (unpaired) electrons. The van der Waals surface area contributed by atoms with Crippen LogP contribution in [0.5, 0.6) is 0 Å². The third kappa shape index (κ3) is 2.50. The Bertz CT molecular complexity index is 1100. The first-order valence-corrected chi connectivity index (χ1v) is 9.85. The Morgan fingerprint density at radius 3 is 2.92 bits per heavy atom. The van der Waals surface area contributed by atoms with E-state index in [0.717, 1.165) is 22.3 Å². The van der Waals surface area contributed by atoms with Crippen LogP contribution in [0, 0.1) is 12.3 Å². The standard InChI is InChI=1S/C17H18N6O2S/c1-3-6-17(10-22(11-17)26(24,25)4-2)23-9-13(8-21-23)15-14-5-7-18-16(14)20-12-19-15/h1,5,7-9,12H,4,6,10-11H2,2H3,(H,18,19,20). The van der Waals surface area contributed by atoms with Gasteiger partial charge in [-0.05, 0) is 13.0 Å². The average molecular weight is 370 g/mol. The lowest BCUT2D eigenvalue weighted by Gasteiger charge is -2.48. The fourth-order valence-electron chi connectivity index (χ4n) is 3.32. The minimum atomic E-state index is -3.23. The highest BCUT2D eigenvalue weighted by molar-refractivity contribution is 7.89. The molecule has 1 fully saturated rings. The fraction of sp³-hybridized carbons (Fsp3) is 0.353. The van der Waals surface area contributed by atoms with Crippen molar-refractivity contribution >= 4 is 21.1 Å². The molecule has 26 heavy (non-hydrogen) atoms. The van der Waals surface area contributed by atoms with Gasteiger partial charge in [0.1, 0.15) is 17.5 Å². The van der Waals surface area contributed by atoms with Crippen LogP contribution in [0.3, 0.4) is 0 Å². The van der Waals surface area contributed by atoms with Crippen molar-refractivity contribution in [2.45, 2.75) is 18.9 Å². The zero-order chi connectivity index (χ0) is 18.4. The molecule has 0 atom stereocenters. The number of aromatic amines is 1. The summed E-state index contributed by atoms with van der Waals surface area (Å²) >= 11 is 0. The maximum atomic E-state index is 12.1. The van der Waals surface area contributed by atoms with Gasteiger partial charge in [0.05, 0.1) is 17.6 Å². The number of aromatic nitrogens is 5. The third-order valence-electron chi connectivity index (χ3n) is 4.83. The average Bonchev–Trinajstić information content (AvgIpc) is 3.26. The summed E-state index contributed by atoms with van der Waals surface area (Å²) in [5.74, 6) is 2.74. The smallest absolute Gasteiger partial charge is 0.213 e. The number of hydrogen-bond donors (Lipinski definition) is 1. The number of fused-ring (bicyclic) bond motifs is 1. The molecule has 0 saturated carbocycles. The quantitative estimate of drug-likeness (QED) is 0.681. The Labute approximate surface area is 151 Å². The highest BCUT2D eigenvalue weighted by atomic mass is 32.2. The lowest BCUT2D eigenvalue weighted by atomic mass is 9.89. The van der Waals surface area contributed by atoms with E-state index in [4.69, 9.17) is 6.42 Å². The van der Waals surface area contributed by atoms with E-state index in [1.807, 2.05) is 18.5 Å². The third-order valence-corrected chi connectivity index (χ3v) is 6.60. The second-order valence-electron chi connectivity index (χ2n) is 6.41. The van der Waals surface area contributed by atoms with Crippen LogP contribution in [0.2, 0.25) is 0 Å². The van der Waals surface area contributed by atoms with Gasteiger partial charge in [-0.2, -0.15) is 9.40 Å². The number of hydrogen-bond acceptors (Lipinski definition) is 5. The summed E-state index contributed by atoms with van der Waals surface area (Å²) in [6, 6.07) is 1.91. The molecular weight excluding hydrogens is 352 g/mol. The molecule has 0 spiro atoms. The van der Waals surface area contributed by atoms with Crippen molar-refractivity contribution in [1.29, 1.82) is 0 Å². The van der Waals surface area contributed by atoms with Crippen molar-refractivity contribution < 1.29 is 8.42 Å². The number of H-pyrrole nitrogens is 1. The minimum absolute atomic E-state index is 0.0793. The van der Waals surface area contributed by atoms with Crippen LogP contribution in [0.1, 0.15) is 13.3 Å². The monoisotopic (exact) mass is 370 g/mol. The van der Waals surface area contributed by atoms with Crippen LogP contribution in [0.25, 0.3) is 22.3 Å². The number of nitrogens with zero attached hydrogens (tertiary/aromatic N) is 5. The molecule has 1 saturated heterocycles. The van der Waals surface area contributed by atoms with Gasteiger partial charge < -0.3 is 4.98 Å². The summed E-state index contributed by atoms with van der Waals surface area (Å²) in [5.41, 5.74) is 1.85. The normalized spacial score (nSPS) is 17.1. The molecule has 0 aliphatic carbocycles. The molecule has 134 valence electrons.